The molecule has 12 aromatic rings. The molecular formula is C48H29N3. The molecule has 3 nitrogen and oxygen atoms in total. The number of benzene rings is 8. The zero-order chi connectivity index (χ0) is 33.2. The normalized spacial score (nSPS) is 12.3. The van der Waals surface area contributed by atoms with E-state index in [1.165, 1.54) is 93.0 Å². The minimum atomic E-state index is 1.14. The monoisotopic (exact) mass is 647 g/mol. The van der Waals surface area contributed by atoms with Crippen molar-refractivity contribution in [3.63, 3.8) is 0 Å². The topological polar surface area (TPSA) is 12.1 Å². The van der Waals surface area contributed by atoms with Crippen molar-refractivity contribution in [3.8, 4) is 11.1 Å². The Hall–Kier alpha value is -6.84. The molecule has 0 aliphatic carbocycles. The van der Waals surface area contributed by atoms with Crippen molar-refractivity contribution in [1.29, 1.82) is 0 Å². The van der Waals surface area contributed by atoms with E-state index in [9.17, 15) is 0 Å². The lowest BCUT2D eigenvalue weighted by Crippen LogP contribution is -2.10. The average molecular weight is 648 g/mol. The van der Waals surface area contributed by atoms with E-state index < -0.39 is 0 Å². The third kappa shape index (κ3) is 3.47. The smallest absolute Gasteiger partial charge is 0.0641 e. The number of aromatic nitrogens is 2. The molecule has 51 heavy (non-hydrogen) atoms. The molecular weight excluding hydrogens is 619 g/mol. The Labute approximate surface area is 293 Å². The van der Waals surface area contributed by atoms with Crippen LogP contribution in [0.15, 0.2) is 176 Å². The lowest BCUT2D eigenvalue weighted by atomic mass is 9.97. The minimum absolute atomic E-state index is 1.14. The fourth-order valence-electron chi connectivity index (χ4n) is 9.11. The molecule has 3 heteroatoms. The first-order chi connectivity index (χ1) is 25.3. The maximum Gasteiger partial charge on any atom is 0.0641 e. The molecule has 0 bridgehead atoms. The van der Waals surface area contributed by atoms with Crippen LogP contribution >= 0.6 is 0 Å². The summed E-state index contributed by atoms with van der Waals surface area (Å²) in [5.74, 6) is 0. The summed E-state index contributed by atoms with van der Waals surface area (Å²) >= 11 is 0. The molecule has 0 atom stereocenters. The van der Waals surface area contributed by atoms with E-state index in [2.05, 4.69) is 190 Å². The van der Waals surface area contributed by atoms with E-state index in [1.54, 1.807) is 0 Å². The van der Waals surface area contributed by atoms with Crippen LogP contribution in [0.3, 0.4) is 0 Å². The molecule has 236 valence electrons. The average Bonchev–Trinajstić information content (AvgIpc) is 3.92. The molecule has 12 rings (SSSR count). The Balaban J connectivity index is 1.23. The van der Waals surface area contributed by atoms with Crippen molar-refractivity contribution in [2.75, 3.05) is 4.90 Å². The number of para-hydroxylation sites is 4. The highest BCUT2D eigenvalue weighted by Gasteiger charge is 2.26. The van der Waals surface area contributed by atoms with Crippen LogP contribution in [-0.2, 0) is 0 Å². The van der Waals surface area contributed by atoms with Crippen molar-refractivity contribution in [3.05, 3.63) is 176 Å². The van der Waals surface area contributed by atoms with E-state index in [0.717, 1.165) is 11.4 Å². The van der Waals surface area contributed by atoms with Crippen LogP contribution in [-0.4, -0.2) is 8.80 Å². The van der Waals surface area contributed by atoms with Gasteiger partial charge in [0.05, 0.1) is 38.8 Å². The maximum absolute atomic E-state index is 2.52. The molecule has 4 aromatic heterocycles. The zero-order valence-electron chi connectivity index (χ0n) is 27.6. The summed E-state index contributed by atoms with van der Waals surface area (Å²) in [5, 5.41) is 10.3. The first-order valence-electron chi connectivity index (χ1n) is 17.6. The highest BCUT2D eigenvalue weighted by Crippen LogP contribution is 2.49. The van der Waals surface area contributed by atoms with Crippen molar-refractivity contribution < 1.29 is 0 Å². The largest absolute Gasteiger partial charge is 0.310 e. The van der Waals surface area contributed by atoms with Gasteiger partial charge in [0.15, 0.2) is 0 Å². The summed E-state index contributed by atoms with van der Waals surface area (Å²) in [6.07, 6.45) is 0. The van der Waals surface area contributed by atoms with Crippen LogP contribution in [0.4, 0.5) is 17.1 Å². The van der Waals surface area contributed by atoms with Gasteiger partial charge in [0, 0.05) is 54.5 Å². The molecule has 0 saturated heterocycles. The van der Waals surface area contributed by atoms with Crippen LogP contribution in [0.5, 0.6) is 0 Å². The third-order valence-corrected chi connectivity index (χ3v) is 11.1. The molecule has 0 saturated carbocycles. The van der Waals surface area contributed by atoms with Gasteiger partial charge in [0.25, 0.3) is 0 Å². The second-order valence-corrected chi connectivity index (χ2v) is 13.7. The summed E-state index contributed by atoms with van der Waals surface area (Å²) in [5.41, 5.74) is 13.5. The molecule has 4 heterocycles. The summed E-state index contributed by atoms with van der Waals surface area (Å²) < 4.78 is 5.04. The standard InChI is InChI=1S/C48H29N3/c1-4-14-30(15-5-1)33-24-25-34-38-28-44-39(29-43(38)50-40-22-12-10-20-36(40)45(33)47(34)50)35-26-27-42(46-37-21-11-13-23-41(37)51(44)48(35)46)49(31-16-6-2-7-17-31)32-18-8-3-9-19-32/h1-29H. The maximum atomic E-state index is 2.52. The number of hydrogen-bond acceptors (Lipinski definition) is 1. The summed E-state index contributed by atoms with van der Waals surface area (Å²) in [7, 11) is 0. The fraction of sp³-hybridized carbons (Fsp3) is 0. The molecule has 0 N–H and O–H groups in total. The van der Waals surface area contributed by atoms with Crippen molar-refractivity contribution in [2.45, 2.75) is 0 Å². The van der Waals surface area contributed by atoms with Crippen LogP contribution in [0, 0.1) is 0 Å². The van der Waals surface area contributed by atoms with E-state index in [4.69, 9.17) is 0 Å². The molecule has 0 aliphatic rings. The third-order valence-electron chi connectivity index (χ3n) is 11.1. The Bertz CT molecular complexity index is 3240. The predicted molar refractivity (Wildman–Crippen MR) is 216 cm³/mol. The van der Waals surface area contributed by atoms with Crippen LogP contribution in [0.25, 0.3) is 87.3 Å². The molecule has 0 unspecified atom stereocenters. The van der Waals surface area contributed by atoms with E-state index in [1.807, 2.05) is 0 Å². The van der Waals surface area contributed by atoms with Gasteiger partial charge >= 0.3 is 0 Å². The van der Waals surface area contributed by atoms with Gasteiger partial charge in [-0.05, 0) is 65.7 Å². The van der Waals surface area contributed by atoms with Crippen molar-refractivity contribution in [1.82, 2.24) is 8.80 Å². The number of hydrogen-bond donors (Lipinski definition) is 0. The molecule has 0 aliphatic heterocycles. The number of fused-ring (bicyclic) bond motifs is 12. The zero-order valence-corrected chi connectivity index (χ0v) is 27.6. The molecule has 8 aromatic carbocycles. The predicted octanol–water partition coefficient (Wildman–Crippen LogP) is 13.1. The number of nitrogens with zero attached hydrogens (tertiary/aromatic N) is 3. The van der Waals surface area contributed by atoms with E-state index in [0.29, 0.717) is 0 Å². The Kier molecular flexibility index (Phi) is 5.23. The number of rotatable bonds is 4. The Morgan fingerprint density at radius 2 is 0.804 bits per heavy atom. The van der Waals surface area contributed by atoms with Gasteiger partial charge in [-0.15, -0.1) is 0 Å². The molecule has 0 spiro atoms. The van der Waals surface area contributed by atoms with Crippen molar-refractivity contribution in [2.24, 2.45) is 0 Å². The lowest BCUT2D eigenvalue weighted by molar-refractivity contribution is 1.30. The highest BCUT2D eigenvalue weighted by atomic mass is 15.1. The SMILES string of the molecule is c1ccc(-c2ccc3c4cc5c(cc4n4c6ccccc6c2c34)c2ccc(N(c3ccccc3)c3ccccc3)c3c4ccccc4n5c23)cc1. The fourth-order valence-corrected chi connectivity index (χ4v) is 9.11. The van der Waals surface area contributed by atoms with Crippen LogP contribution in [0.2, 0.25) is 0 Å². The molecule has 0 radical (unpaired) electrons. The Morgan fingerprint density at radius 3 is 1.39 bits per heavy atom. The Morgan fingerprint density at radius 1 is 0.333 bits per heavy atom. The summed E-state index contributed by atoms with van der Waals surface area (Å²) in [6.45, 7) is 0. The first-order valence-corrected chi connectivity index (χ1v) is 17.6. The van der Waals surface area contributed by atoms with E-state index in [-0.39, 0.29) is 0 Å². The van der Waals surface area contributed by atoms with Gasteiger partial charge in [-0.1, -0.05) is 121 Å². The highest BCUT2D eigenvalue weighted by molar-refractivity contribution is 6.32. The molecule has 0 amide bonds. The minimum Gasteiger partial charge on any atom is -0.310 e. The van der Waals surface area contributed by atoms with Gasteiger partial charge < -0.3 is 13.7 Å². The summed E-state index contributed by atoms with van der Waals surface area (Å²) in [4.78, 5) is 2.40. The van der Waals surface area contributed by atoms with E-state index >= 15 is 0 Å². The van der Waals surface area contributed by atoms with Gasteiger partial charge in [-0.3, -0.25) is 0 Å². The lowest BCUT2D eigenvalue weighted by Gasteiger charge is -2.26. The molecule has 0 fully saturated rings. The van der Waals surface area contributed by atoms with Gasteiger partial charge in [0.2, 0.25) is 0 Å². The summed E-state index contributed by atoms with van der Waals surface area (Å²) in [6, 6.07) is 64.4. The second-order valence-electron chi connectivity index (χ2n) is 13.7. The van der Waals surface area contributed by atoms with Crippen LogP contribution < -0.4 is 4.90 Å². The van der Waals surface area contributed by atoms with Gasteiger partial charge in [-0.2, -0.15) is 0 Å². The van der Waals surface area contributed by atoms with Crippen molar-refractivity contribution >= 4 is 93.3 Å². The van der Waals surface area contributed by atoms with Crippen LogP contribution in [0.1, 0.15) is 0 Å². The van der Waals surface area contributed by atoms with Gasteiger partial charge in [-0.25, -0.2) is 0 Å². The second kappa shape index (κ2) is 9.87. The quantitative estimate of drug-likeness (QED) is 0.185. The first kappa shape index (κ1) is 27.0. The number of anilines is 3. The van der Waals surface area contributed by atoms with Gasteiger partial charge in [0.1, 0.15) is 0 Å².